The number of sulfonamides is 1. The third-order valence-electron chi connectivity index (χ3n) is 4.04. The van der Waals surface area contributed by atoms with Crippen molar-refractivity contribution in [2.24, 2.45) is 0 Å². The molecular formula is C18H18N4O3S2. The average molecular weight is 403 g/mol. The van der Waals surface area contributed by atoms with Gasteiger partial charge in [0.2, 0.25) is 15.9 Å². The number of thioether (sulfide) groups is 1. The minimum Gasteiger partial charge on any atom is -0.325 e. The zero-order valence-corrected chi connectivity index (χ0v) is 16.1. The molecule has 2 heterocycles. The van der Waals surface area contributed by atoms with Crippen LogP contribution in [0.3, 0.4) is 0 Å². The van der Waals surface area contributed by atoms with Crippen LogP contribution in [-0.2, 0) is 14.8 Å². The molecule has 0 saturated carbocycles. The van der Waals surface area contributed by atoms with E-state index in [1.807, 2.05) is 6.07 Å². The van der Waals surface area contributed by atoms with Crippen molar-refractivity contribution in [2.75, 3.05) is 24.2 Å². The van der Waals surface area contributed by atoms with Crippen molar-refractivity contribution in [2.45, 2.75) is 22.8 Å². The summed E-state index contributed by atoms with van der Waals surface area (Å²) in [4.78, 5) is 16.4. The van der Waals surface area contributed by atoms with Gasteiger partial charge in [-0.3, -0.25) is 4.79 Å². The summed E-state index contributed by atoms with van der Waals surface area (Å²) in [5, 5.41) is 12.2. The van der Waals surface area contributed by atoms with Crippen LogP contribution in [0.1, 0.15) is 18.4 Å². The number of aromatic nitrogens is 1. The van der Waals surface area contributed by atoms with E-state index >= 15 is 0 Å². The van der Waals surface area contributed by atoms with Crippen LogP contribution >= 0.6 is 11.8 Å². The average Bonchev–Trinajstić information content (AvgIpc) is 3.22. The highest BCUT2D eigenvalue weighted by Crippen LogP contribution is 2.22. The number of carbonyl (C=O) groups is 1. The molecule has 0 spiro atoms. The summed E-state index contributed by atoms with van der Waals surface area (Å²) < 4.78 is 26.4. The third-order valence-corrected chi connectivity index (χ3v) is 6.86. The first-order valence-corrected chi connectivity index (χ1v) is 10.8. The van der Waals surface area contributed by atoms with Crippen LogP contribution in [0.2, 0.25) is 0 Å². The molecular weight excluding hydrogens is 384 g/mol. The predicted octanol–water partition coefficient (Wildman–Crippen LogP) is 2.47. The lowest BCUT2D eigenvalue weighted by Gasteiger charge is -2.15. The third kappa shape index (κ3) is 4.86. The van der Waals surface area contributed by atoms with Gasteiger partial charge in [-0.2, -0.15) is 9.57 Å². The molecule has 2 aromatic rings. The molecule has 1 N–H and O–H groups in total. The zero-order chi connectivity index (χ0) is 19.3. The van der Waals surface area contributed by atoms with Crippen molar-refractivity contribution < 1.29 is 13.2 Å². The molecule has 27 heavy (non-hydrogen) atoms. The first kappa shape index (κ1) is 19.4. The molecule has 1 aliphatic heterocycles. The summed E-state index contributed by atoms with van der Waals surface area (Å²) in [7, 11) is -3.48. The highest BCUT2D eigenvalue weighted by Gasteiger charge is 2.27. The number of benzene rings is 1. The molecule has 1 fully saturated rings. The highest BCUT2D eigenvalue weighted by atomic mass is 32.2. The number of pyridine rings is 1. The summed E-state index contributed by atoms with van der Waals surface area (Å²) >= 11 is 1.21. The molecule has 0 radical (unpaired) electrons. The number of hydrogen-bond donors (Lipinski definition) is 1. The van der Waals surface area contributed by atoms with Crippen LogP contribution in [0.25, 0.3) is 0 Å². The Bertz CT molecular complexity index is 963. The smallest absolute Gasteiger partial charge is 0.244 e. The molecule has 0 unspecified atom stereocenters. The van der Waals surface area contributed by atoms with Gasteiger partial charge in [0.25, 0.3) is 0 Å². The fourth-order valence-electron chi connectivity index (χ4n) is 2.69. The maximum absolute atomic E-state index is 12.5. The number of nitrogens with zero attached hydrogens (tertiary/aromatic N) is 3. The van der Waals surface area contributed by atoms with Gasteiger partial charge in [0.05, 0.1) is 22.4 Å². The fraction of sp³-hybridized carbons (Fsp3) is 0.278. The fourth-order valence-corrected chi connectivity index (χ4v) is 4.79. The number of amides is 1. The summed E-state index contributed by atoms with van der Waals surface area (Å²) in [6, 6.07) is 11.8. The minimum atomic E-state index is -3.48. The van der Waals surface area contributed by atoms with Gasteiger partial charge < -0.3 is 5.32 Å². The van der Waals surface area contributed by atoms with Crippen molar-refractivity contribution in [1.29, 1.82) is 5.26 Å². The van der Waals surface area contributed by atoms with Gasteiger partial charge in [-0.15, -0.1) is 0 Å². The Labute approximate surface area is 162 Å². The zero-order valence-electron chi connectivity index (χ0n) is 14.5. The van der Waals surface area contributed by atoms with Crippen molar-refractivity contribution >= 4 is 33.4 Å². The Balaban J connectivity index is 1.57. The minimum absolute atomic E-state index is 0.127. The summed E-state index contributed by atoms with van der Waals surface area (Å²) in [5.41, 5.74) is 1.02. The Kier molecular flexibility index (Phi) is 6.11. The molecule has 0 atom stereocenters. The number of nitrogens with one attached hydrogen (secondary N) is 1. The molecule has 0 bridgehead atoms. The van der Waals surface area contributed by atoms with Crippen molar-refractivity contribution in [1.82, 2.24) is 9.29 Å². The van der Waals surface area contributed by atoms with Crippen LogP contribution in [0.4, 0.5) is 5.69 Å². The SMILES string of the molecule is N#Cc1cccc(NC(=O)CSc2ccc(S(=O)(=O)N3CCCC3)cn2)c1. The van der Waals surface area contributed by atoms with Crippen LogP contribution in [0.5, 0.6) is 0 Å². The van der Waals surface area contributed by atoms with Gasteiger partial charge in [0.15, 0.2) is 0 Å². The largest absolute Gasteiger partial charge is 0.325 e. The van der Waals surface area contributed by atoms with Gasteiger partial charge in [0, 0.05) is 25.0 Å². The van der Waals surface area contributed by atoms with Crippen LogP contribution in [-0.4, -0.2) is 42.5 Å². The van der Waals surface area contributed by atoms with Gasteiger partial charge in [-0.25, -0.2) is 13.4 Å². The summed E-state index contributed by atoms with van der Waals surface area (Å²) in [5.74, 6) is -0.104. The Morgan fingerprint density at radius 3 is 2.70 bits per heavy atom. The summed E-state index contributed by atoms with van der Waals surface area (Å²) in [6.45, 7) is 1.10. The summed E-state index contributed by atoms with van der Waals surface area (Å²) in [6.07, 6.45) is 3.10. The van der Waals surface area contributed by atoms with Crippen molar-refractivity contribution in [3.05, 3.63) is 48.2 Å². The van der Waals surface area contributed by atoms with E-state index in [0.717, 1.165) is 12.8 Å². The Morgan fingerprint density at radius 2 is 2.04 bits per heavy atom. The lowest BCUT2D eigenvalue weighted by molar-refractivity contribution is -0.113. The maximum atomic E-state index is 12.5. The van der Waals surface area contributed by atoms with E-state index in [1.54, 1.807) is 30.3 Å². The van der Waals surface area contributed by atoms with Gasteiger partial charge in [0.1, 0.15) is 4.90 Å². The Morgan fingerprint density at radius 1 is 1.26 bits per heavy atom. The van der Waals surface area contributed by atoms with Gasteiger partial charge >= 0.3 is 0 Å². The lowest BCUT2D eigenvalue weighted by atomic mass is 10.2. The van der Waals surface area contributed by atoms with Crippen molar-refractivity contribution in [3.63, 3.8) is 0 Å². The molecule has 9 heteroatoms. The van der Waals surface area contributed by atoms with Crippen molar-refractivity contribution in [3.8, 4) is 6.07 Å². The highest BCUT2D eigenvalue weighted by molar-refractivity contribution is 7.99. The molecule has 1 aliphatic rings. The second-order valence-electron chi connectivity index (χ2n) is 5.97. The number of hydrogen-bond acceptors (Lipinski definition) is 6. The van der Waals surface area contributed by atoms with Crippen LogP contribution in [0, 0.1) is 11.3 Å². The molecule has 1 saturated heterocycles. The van der Waals surface area contributed by atoms with E-state index in [0.29, 0.717) is 29.4 Å². The first-order chi connectivity index (χ1) is 13.0. The molecule has 1 aromatic carbocycles. The van der Waals surface area contributed by atoms with E-state index in [2.05, 4.69) is 10.3 Å². The van der Waals surface area contributed by atoms with Gasteiger partial charge in [-0.05, 0) is 43.2 Å². The quantitative estimate of drug-likeness (QED) is 0.745. The topological polar surface area (TPSA) is 103 Å². The maximum Gasteiger partial charge on any atom is 0.244 e. The standard InChI is InChI=1S/C18H18N4O3S2/c19-11-14-4-3-5-15(10-14)21-17(23)13-26-18-7-6-16(12-20-18)27(24,25)22-8-1-2-9-22/h3-7,10,12H,1-2,8-9,13H2,(H,21,23). The number of carbonyl (C=O) groups excluding carboxylic acids is 1. The molecule has 140 valence electrons. The van der Waals surface area contributed by atoms with Crippen LogP contribution in [0.15, 0.2) is 52.5 Å². The van der Waals surface area contributed by atoms with Crippen LogP contribution < -0.4 is 5.32 Å². The van der Waals surface area contributed by atoms with E-state index in [1.165, 1.54) is 28.3 Å². The second kappa shape index (κ2) is 8.52. The monoisotopic (exact) mass is 402 g/mol. The Hall–Kier alpha value is -2.41. The number of nitriles is 1. The molecule has 0 aliphatic carbocycles. The van der Waals surface area contributed by atoms with Gasteiger partial charge in [-0.1, -0.05) is 17.8 Å². The second-order valence-corrected chi connectivity index (χ2v) is 8.91. The normalized spacial score (nSPS) is 14.6. The lowest BCUT2D eigenvalue weighted by Crippen LogP contribution is -2.27. The van der Waals surface area contributed by atoms with E-state index in [-0.39, 0.29) is 16.6 Å². The van der Waals surface area contributed by atoms with E-state index < -0.39 is 10.0 Å². The number of rotatable bonds is 6. The number of anilines is 1. The first-order valence-electron chi connectivity index (χ1n) is 8.38. The molecule has 3 rings (SSSR count). The van der Waals surface area contributed by atoms with E-state index in [4.69, 9.17) is 5.26 Å². The molecule has 1 aromatic heterocycles. The molecule has 1 amide bonds. The van der Waals surface area contributed by atoms with E-state index in [9.17, 15) is 13.2 Å². The predicted molar refractivity (Wildman–Crippen MR) is 103 cm³/mol. The molecule has 7 nitrogen and oxygen atoms in total.